The van der Waals surface area contributed by atoms with Gasteiger partial charge in [0.1, 0.15) is 5.03 Å². The van der Waals surface area contributed by atoms with Crippen LogP contribution in [-0.2, 0) is 9.53 Å². The first-order chi connectivity index (χ1) is 11.0. The Morgan fingerprint density at radius 2 is 2.13 bits per heavy atom. The molecule has 0 spiro atoms. The van der Waals surface area contributed by atoms with Gasteiger partial charge in [0.25, 0.3) is 0 Å². The summed E-state index contributed by atoms with van der Waals surface area (Å²) in [7, 11) is 1.30. The number of ether oxygens (including phenoxy) is 1. The molecule has 0 aliphatic rings. The Morgan fingerprint density at radius 3 is 2.83 bits per heavy atom. The van der Waals surface area contributed by atoms with Gasteiger partial charge in [0, 0.05) is 5.69 Å². The maximum Gasteiger partial charge on any atom is 0.339 e. The second kappa shape index (κ2) is 7.89. The van der Waals surface area contributed by atoms with E-state index in [1.807, 2.05) is 13.0 Å². The molecule has 1 heterocycles. The van der Waals surface area contributed by atoms with Crippen LogP contribution in [0, 0.1) is 11.7 Å². The number of aromatic amines is 1. The topological polar surface area (TPSA) is 84.1 Å². The smallest absolute Gasteiger partial charge is 0.339 e. The van der Waals surface area contributed by atoms with Crippen molar-refractivity contribution in [2.24, 2.45) is 0 Å². The molecule has 1 aromatic carbocycles. The molecule has 0 atom stereocenters. The van der Waals surface area contributed by atoms with Crippen LogP contribution in [0.1, 0.15) is 16.1 Å². The van der Waals surface area contributed by atoms with E-state index in [0.29, 0.717) is 21.0 Å². The number of methoxy groups -OCH3 is 1. The standard InChI is InChI=1S/C15H15N3O3S2/c1-9-7-13(18-15(22)16-9)23-8-12(19)17-11-6-4-3-5-10(11)14(20)21-2/h3-7H,8H2,1-2H3,(H,17,19)(H,16,18,22). The first kappa shape index (κ1) is 17.2. The lowest BCUT2D eigenvalue weighted by atomic mass is 10.2. The number of rotatable bonds is 5. The van der Waals surface area contributed by atoms with Crippen molar-refractivity contribution in [3.05, 3.63) is 46.4 Å². The van der Waals surface area contributed by atoms with Gasteiger partial charge in [-0.3, -0.25) is 4.79 Å². The van der Waals surface area contributed by atoms with Crippen molar-refractivity contribution in [1.29, 1.82) is 0 Å². The molecule has 0 fully saturated rings. The van der Waals surface area contributed by atoms with Gasteiger partial charge in [-0.05, 0) is 37.3 Å². The molecule has 0 saturated carbocycles. The van der Waals surface area contributed by atoms with Crippen LogP contribution in [0.3, 0.4) is 0 Å². The second-order valence-corrected chi connectivity index (χ2v) is 5.96. The molecule has 0 unspecified atom stereocenters. The number of nitrogens with one attached hydrogen (secondary N) is 2. The van der Waals surface area contributed by atoms with E-state index >= 15 is 0 Å². The Balaban J connectivity index is 2.03. The molecule has 2 N–H and O–H groups in total. The van der Waals surface area contributed by atoms with E-state index in [1.54, 1.807) is 24.3 Å². The minimum Gasteiger partial charge on any atom is -0.465 e. The Morgan fingerprint density at radius 1 is 1.39 bits per heavy atom. The molecule has 2 aromatic rings. The fourth-order valence-corrected chi connectivity index (χ4v) is 2.91. The predicted octanol–water partition coefficient (Wildman–Crippen LogP) is 2.97. The minimum absolute atomic E-state index is 0.154. The molecule has 120 valence electrons. The third-order valence-electron chi connectivity index (χ3n) is 2.81. The average Bonchev–Trinajstić information content (AvgIpc) is 2.52. The summed E-state index contributed by atoms with van der Waals surface area (Å²) in [6.45, 7) is 1.87. The number of nitrogens with zero attached hydrogens (tertiary/aromatic N) is 1. The van der Waals surface area contributed by atoms with Crippen molar-refractivity contribution in [3.63, 3.8) is 0 Å². The highest BCUT2D eigenvalue weighted by atomic mass is 32.2. The number of hydrogen-bond acceptors (Lipinski definition) is 6. The van der Waals surface area contributed by atoms with Crippen molar-refractivity contribution in [2.75, 3.05) is 18.2 Å². The fraction of sp³-hybridized carbons (Fsp3) is 0.200. The van der Waals surface area contributed by atoms with Crippen LogP contribution in [0.5, 0.6) is 0 Å². The molecule has 0 saturated heterocycles. The van der Waals surface area contributed by atoms with Crippen LogP contribution in [0.15, 0.2) is 35.4 Å². The Bertz CT molecular complexity index is 790. The maximum atomic E-state index is 12.1. The summed E-state index contributed by atoms with van der Waals surface area (Å²) >= 11 is 6.27. The van der Waals surface area contributed by atoms with E-state index < -0.39 is 5.97 Å². The van der Waals surface area contributed by atoms with Crippen LogP contribution in [0.2, 0.25) is 0 Å². The number of thioether (sulfide) groups is 1. The molecule has 2 rings (SSSR count). The maximum absolute atomic E-state index is 12.1. The zero-order chi connectivity index (χ0) is 16.8. The highest BCUT2D eigenvalue weighted by Gasteiger charge is 2.13. The monoisotopic (exact) mass is 349 g/mol. The van der Waals surface area contributed by atoms with Gasteiger partial charge in [-0.2, -0.15) is 0 Å². The number of amides is 1. The molecular formula is C15H15N3O3S2. The summed E-state index contributed by atoms with van der Waals surface area (Å²) in [6, 6.07) is 8.49. The van der Waals surface area contributed by atoms with Crippen molar-refractivity contribution < 1.29 is 14.3 Å². The van der Waals surface area contributed by atoms with Gasteiger partial charge in [-0.15, -0.1) is 0 Å². The van der Waals surface area contributed by atoms with Gasteiger partial charge in [0.15, 0.2) is 4.77 Å². The van der Waals surface area contributed by atoms with E-state index in [-0.39, 0.29) is 11.7 Å². The van der Waals surface area contributed by atoms with Gasteiger partial charge >= 0.3 is 5.97 Å². The normalized spacial score (nSPS) is 10.2. The third-order valence-corrected chi connectivity index (χ3v) is 3.92. The zero-order valence-corrected chi connectivity index (χ0v) is 14.2. The molecule has 0 bridgehead atoms. The highest BCUT2D eigenvalue weighted by Crippen LogP contribution is 2.19. The second-order valence-electron chi connectivity index (χ2n) is 4.58. The van der Waals surface area contributed by atoms with Crippen molar-refractivity contribution in [3.8, 4) is 0 Å². The van der Waals surface area contributed by atoms with Crippen LogP contribution < -0.4 is 5.32 Å². The number of esters is 1. The third kappa shape index (κ3) is 4.90. The number of hydrogen-bond donors (Lipinski definition) is 2. The fourth-order valence-electron chi connectivity index (χ4n) is 1.83. The summed E-state index contributed by atoms with van der Waals surface area (Å²) < 4.78 is 5.07. The lowest BCUT2D eigenvalue weighted by molar-refractivity contribution is -0.113. The van der Waals surface area contributed by atoms with Crippen LogP contribution in [0.4, 0.5) is 5.69 Å². The van der Waals surface area contributed by atoms with E-state index in [2.05, 4.69) is 15.3 Å². The summed E-state index contributed by atoms with van der Waals surface area (Å²) in [6.07, 6.45) is 0. The SMILES string of the molecule is COC(=O)c1ccccc1NC(=O)CSc1cc(C)[nH]c(=S)n1. The molecule has 8 heteroatoms. The summed E-state index contributed by atoms with van der Waals surface area (Å²) in [5.74, 6) is -0.592. The first-order valence-electron chi connectivity index (χ1n) is 6.67. The number of carbonyl (C=O) groups is 2. The Kier molecular flexibility index (Phi) is 5.89. The number of benzene rings is 1. The molecule has 1 aromatic heterocycles. The van der Waals surface area contributed by atoms with Gasteiger partial charge < -0.3 is 15.0 Å². The van der Waals surface area contributed by atoms with Gasteiger partial charge in [-0.25, -0.2) is 9.78 Å². The number of carbonyl (C=O) groups excluding carboxylic acids is 2. The Hall–Kier alpha value is -2.19. The van der Waals surface area contributed by atoms with Crippen LogP contribution in [-0.4, -0.2) is 34.7 Å². The number of aromatic nitrogens is 2. The van der Waals surface area contributed by atoms with Crippen LogP contribution >= 0.6 is 24.0 Å². The van der Waals surface area contributed by atoms with Crippen molar-refractivity contribution in [2.45, 2.75) is 11.9 Å². The van der Waals surface area contributed by atoms with E-state index in [0.717, 1.165) is 5.69 Å². The number of H-pyrrole nitrogens is 1. The average molecular weight is 349 g/mol. The predicted molar refractivity (Wildman–Crippen MR) is 91.3 cm³/mol. The van der Waals surface area contributed by atoms with E-state index in [9.17, 15) is 9.59 Å². The number of aryl methyl sites for hydroxylation is 1. The quantitative estimate of drug-likeness (QED) is 0.374. The first-order valence-corrected chi connectivity index (χ1v) is 8.07. The molecule has 6 nitrogen and oxygen atoms in total. The van der Waals surface area contributed by atoms with Gasteiger partial charge in [0.05, 0.1) is 24.1 Å². The van der Waals surface area contributed by atoms with Crippen molar-refractivity contribution >= 4 is 41.5 Å². The molecule has 1 amide bonds. The summed E-state index contributed by atoms with van der Waals surface area (Å²) in [4.78, 5) is 30.8. The lowest BCUT2D eigenvalue weighted by Crippen LogP contribution is -2.17. The van der Waals surface area contributed by atoms with E-state index in [4.69, 9.17) is 17.0 Å². The molecule has 23 heavy (non-hydrogen) atoms. The Labute approximate surface area is 142 Å². The van der Waals surface area contributed by atoms with E-state index in [1.165, 1.54) is 18.9 Å². The van der Waals surface area contributed by atoms with Crippen molar-refractivity contribution in [1.82, 2.24) is 9.97 Å². The summed E-state index contributed by atoms with van der Waals surface area (Å²) in [5.41, 5.74) is 1.60. The zero-order valence-electron chi connectivity index (χ0n) is 12.6. The molecule has 0 radical (unpaired) electrons. The van der Waals surface area contributed by atoms with Gasteiger partial charge in [0.2, 0.25) is 5.91 Å². The largest absolute Gasteiger partial charge is 0.465 e. The van der Waals surface area contributed by atoms with Crippen LogP contribution in [0.25, 0.3) is 0 Å². The number of para-hydroxylation sites is 1. The minimum atomic E-state index is -0.500. The number of anilines is 1. The molecular weight excluding hydrogens is 334 g/mol. The highest BCUT2D eigenvalue weighted by molar-refractivity contribution is 7.99. The molecule has 0 aliphatic carbocycles. The lowest BCUT2D eigenvalue weighted by Gasteiger charge is -2.09. The van der Waals surface area contributed by atoms with Gasteiger partial charge in [-0.1, -0.05) is 23.9 Å². The summed E-state index contributed by atoms with van der Waals surface area (Å²) in [5, 5.41) is 3.37. The molecule has 0 aliphatic heterocycles.